The molecule has 86 valence electrons. The number of carboxylic acid groups (broad SMARTS) is 1. The van der Waals surface area contributed by atoms with Crippen LogP contribution in [0.15, 0.2) is 11.6 Å². The van der Waals surface area contributed by atoms with Crippen LogP contribution in [0.25, 0.3) is 0 Å². The molecule has 0 aromatic carbocycles. The minimum atomic E-state index is -0.696. The normalized spacial score (nSPS) is 19.1. The molecule has 0 aliphatic heterocycles. The van der Waals surface area contributed by atoms with E-state index in [0.29, 0.717) is 11.5 Å². The molecule has 0 atom stereocenters. The second kappa shape index (κ2) is 6.65. The Labute approximate surface area is 92.4 Å². The third-order valence-electron chi connectivity index (χ3n) is 3.21. The number of hydrogen-bond donors (Lipinski definition) is 1. The first-order chi connectivity index (χ1) is 7.25. The van der Waals surface area contributed by atoms with Crippen LogP contribution in [0, 0.1) is 5.92 Å². The number of carbonyl (C=O) groups is 1. The second-order valence-corrected chi connectivity index (χ2v) is 4.44. The predicted molar refractivity (Wildman–Crippen MR) is 61.8 cm³/mol. The molecule has 1 fully saturated rings. The Bertz CT molecular complexity index is 225. The van der Waals surface area contributed by atoms with Crippen LogP contribution in [0.1, 0.15) is 58.3 Å². The average Bonchev–Trinajstić information content (AvgIpc) is 2.25. The zero-order chi connectivity index (χ0) is 11.1. The summed E-state index contributed by atoms with van der Waals surface area (Å²) in [5.74, 6) is -0.369. The zero-order valence-electron chi connectivity index (χ0n) is 9.67. The van der Waals surface area contributed by atoms with E-state index in [1.165, 1.54) is 19.3 Å². The van der Waals surface area contributed by atoms with Crippen molar-refractivity contribution >= 4 is 5.97 Å². The van der Waals surface area contributed by atoms with Crippen molar-refractivity contribution in [3.63, 3.8) is 0 Å². The second-order valence-electron chi connectivity index (χ2n) is 4.44. The molecule has 1 aliphatic rings. The maximum absolute atomic E-state index is 11.1. The summed E-state index contributed by atoms with van der Waals surface area (Å²) >= 11 is 0. The van der Waals surface area contributed by atoms with E-state index in [4.69, 9.17) is 5.11 Å². The lowest BCUT2D eigenvalue weighted by atomic mass is 9.83. The first-order valence-electron chi connectivity index (χ1n) is 6.19. The molecule has 0 aromatic rings. The van der Waals surface area contributed by atoms with Gasteiger partial charge in [0.25, 0.3) is 0 Å². The summed E-state index contributed by atoms with van der Waals surface area (Å²) in [6.45, 7) is 2.13. The zero-order valence-corrected chi connectivity index (χ0v) is 9.67. The summed E-state index contributed by atoms with van der Waals surface area (Å²) in [7, 11) is 0. The average molecular weight is 210 g/mol. The largest absolute Gasteiger partial charge is 0.478 e. The Morgan fingerprint density at radius 3 is 2.53 bits per heavy atom. The number of allylic oxidation sites excluding steroid dienone is 1. The maximum atomic E-state index is 11.1. The van der Waals surface area contributed by atoms with E-state index in [2.05, 4.69) is 6.92 Å². The highest BCUT2D eigenvalue weighted by Gasteiger charge is 2.21. The highest BCUT2D eigenvalue weighted by atomic mass is 16.4. The van der Waals surface area contributed by atoms with Crippen LogP contribution in [-0.4, -0.2) is 11.1 Å². The number of carboxylic acids is 1. The van der Waals surface area contributed by atoms with Crippen LogP contribution in [0.2, 0.25) is 0 Å². The van der Waals surface area contributed by atoms with E-state index in [9.17, 15) is 4.79 Å². The van der Waals surface area contributed by atoms with Crippen molar-refractivity contribution in [3.8, 4) is 0 Å². The molecule has 0 aromatic heterocycles. The van der Waals surface area contributed by atoms with Gasteiger partial charge in [-0.3, -0.25) is 0 Å². The molecule has 2 heteroatoms. The summed E-state index contributed by atoms with van der Waals surface area (Å²) in [6.07, 6.45) is 10.9. The Kier molecular flexibility index (Phi) is 5.44. The van der Waals surface area contributed by atoms with Crippen LogP contribution >= 0.6 is 0 Å². The van der Waals surface area contributed by atoms with Crippen molar-refractivity contribution in [2.45, 2.75) is 58.3 Å². The van der Waals surface area contributed by atoms with Crippen LogP contribution in [0.3, 0.4) is 0 Å². The standard InChI is InChI=1S/C13H22O2/c1-2-3-5-10-12(13(14)15)11-8-6-4-7-9-11/h10-11H,2-9H2,1H3,(H,14,15). The monoisotopic (exact) mass is 210 g/mol. The van der Waals surface area contributed by atoms with Crippen molar-refractivity contribution in [1.82, 2.24) is 0 Å². The molecule has 0 bridgehead atoms. The Hall–Kier alpha value is -0.790. The highest BCUT2D eigenvalue weighted by Crippen LogP contribution is 2.30. The summed E-state index contributed by atoms with van der Waals surface area (Å²) in [4.78, 5) is 11.1. The van der Waals surface area contributed by atoms with E-state index >= 15 is 0 Å². The molecule has 15 heavy (non-hydrogen) atoms. The summed E-state index contributed by atoms with van der Waals surface area (Å²) in [5.41, 5.74) is 0.683. The number of hydrogen-bond acceptors (Lipinski definition) is 1. The number of unbranched alkanes of at least 4 members (excludes halogenated alkanes) is 2. The van der Waals surface area contributed by atoms with Crippen molar-refractivity contribution in [3.05, 3.63) is 11.6 Å². The van der Waals surface area contributed by atoms with E-state index in [1.54, 1.807) is 0 Å². The van der Waals surface area contributed by atoms with Gasteiger partial charge in [-0.05, 0) is 25.2 Å². The molecular formula is C13H22O2. The van der Waals surface area contributed by atoms with Gasteiger partial charge in [0, 0.05) is 5.57 Å². The third-order valence-corrected chi connectivity index (χ3v) is 3.21. The fourth-order valence-corrected chi connectivity index (χ4v) is 2.30. The molecule has 0 radical (unpaired) electrons. The van der Waals surface area contributed by atoms with Crippen LogP contribution in [0.5, 0.6) is 0 Å². The molecule has 0 heterocycles. The topological polar surface area (TPSA) is 37.3 Å². The molecule has 1 aliphatic carbocycles. The van der Waals surface area contributed by atoms with Crippen LogP contribution < -0.4 is 0 Å². The molecule has 0 saturated heterocycles. The minimum Gasteiger partial charge on any atom is -0.478 e. The predicted octanol–water partition coefficient (Wildman–Crippen LogP) is 3.77. The molecule has 1 N–H and O–H groups in total. The lowest BCUT2D eigenvalue weighted by Gasteiger charge is -2.22. The lowest BCUT2D eigenvalue weighted by molar-refractivity contribution is -0.133. The van der Waals surface area contributed by atoms with E-state index in [-0.39, 0.29) is 0 Å². The van der Waals surface area contributed by atoms with Gasteiger partial charge in [-0.1, -0.05) is 45.1 Å². The molecule has 0 amide bonds. The van der Waals surface area contributed by atoms with Crippen molar-refractivity contribution in [2.24, 2.45) is 5.92 Å². The van der Waals surface area contributed by atoms with E-state index < -0.39 is 5.97 Å². The lowest BCUT2D eigenvalue weighted by Crippen LogP contribution is -2.15. The molecule has 2 nitrogen and oxygen atoms in total. The minimum absolute atomic E-state index is 0.327. The van der Waals surface area contributed by atoms with Gasteiger partial charge in [-0.2, -0.15) is 0 Å². The van der Waals surface area contributed by atoms with Gasteiger partial charge in [0.2, 0.25) is 0 Å². The highest BCUT2D eigenvalue weighted by molar-refractivity contribution is 5.87. The van der Waals surface area contributed by atoms with Crippen LogP contribution in [-0.2, 0) is 4.79 Å². The summed E-state index contributed by atoms with van der Waals surface area (Å²) < 4.78 is 0. The fraction of sp³-hybridized carbons (Fsp3) is 0.769. The number of aliphatic carboxylic acids is 1. The van der Waals surface area contributed by atoms with Gasteiger partial charge in [0.1, 0.15) is 0 Å². The van der Waals surface area contributed by atoms with Crippen LogP contribution in [0.4, 0.5) is 0 Å². The SMILES string of the molecule is CCCCC=C(C(=O)O)C1CCCCC1. The maximum Gasteiger partial charge on any atom is 0.331 e. The van der Waals surface area contributed by atoms with Gasteiger partial charge in [-0.15, -0.1) is 0 Å². The Morgan fingerprint density at radius 1 is 1.33 bits per heavy atom. The summed E-state index contributed by atoms with van der Waals surface area (Å²) in [6, 6.07) is 0. The molecule has 0 spiro atoms. The van der Waals surface area contributed by atoms with Crippen molar-refractivity contribution < 1.29 is 9.90 Å². The van der Waals surface area contributed by atoms with Crippen molar-refractivity contribution in [2.75, 3.05) is 0 Å². The first-order valence-corrected chi connectivity index (χ1v) is 6.19. The third kappa shape index (κ3) is 4.06. The molecule has 1 rings (SSSR count). The molecule has 0 unspecified atom stereocenters. The molecular weight excluding hydrogens is 188 g/mol. The summed E-state index contributed by atoms with van der Waals surface area (Å²) in [5, 5.41) is 9.16. The smallest absolute Gasteiger partial charge is 0.331 e. The van der Waals surface area contributed by atoms with Crippen molar-refractivity contribution in [1.29, 1.82) is 0 Å². The first kappa shape index (κ1) is 12.3. The van der Waals surface area contributed by atoms with Gasteiger partial charge < -0.3 is 5.11 Å². The Morgan fingerprint density at radius 2 is 2.00 bits per heavy atom. The number of rotatable bonds is 5. The Balaban J connectivity index is 2.55. The van der Waals surface area contributed by atoms with Gasteiger partial charge in [-0.25, -0.2) is 4.79 Å². The van der Waals surface area contributed by atoms with Gasteiger partial charge in [0.15, 0.2) is 0 Å². The van der Waals surface area contributed by atoms with Gasteiger partial charge in [0.05, 0.1) is 0 Å². The quantitative estimate of drug-likeness (QED) is 0.554. The fourth-order valence-electron chi connectivity index (χ4n) is 2.30. The van der Waals surface area contributed by atoms with E-state index in [1.807, 2.05) is 6.08 Å². The van der Waals surface area contributed by atoms with E-state index in [0.717, 1.165) is 32.1 Å². The molecule has 1 saturated carbocycles. The van der Waals surface area contributed by atoms with Gasteiger partial charge >= 0.3 is 5.97 Å².